The van der Waals surface area contributed by atoms with Gasteiger partial charge in [-0.15, -0.1) is 0 Å². The molecule has 0 radical (unpaired) electrons. The number of ether oxygens (including phenoxy) is 1. The van der Waals surface area contributed by atoms with Crippen molar-refractivity contribution in [2.24, 2.45) is 0 Å². The van der Waals surface area contributed by atoms with Crippen molar-refractivity contribution < 1.29 is 9.13 Å². The molecule has 0 saturated carbocycles. The zero-order valence-corrected chi connectivity index (χ0v) is 10.2. The van der Waals surface area contributed by atoms with E-state index in [1.165, 1.54) is 6.20 Å². The molecule has 17 heavy (non-hydrogen) atoms. The summed E-state index contributed by atoms with van der Waals surface area (Å²) in [5.74, 6) is -0.682. The highest BCUT2D eigenvalue weighted by molar-refractivity contribution is 6.31. The maximum absolute atomic E-state index is 13.3. The van der Waals surface area contributed by atoms with Crippen LogP contribution < -0.4 is 4.74 Å². The molecule has 0 fully saturated rings. The number of hydrogen-bond donors (Lipinski definition) is 0. The molecule has 5 heteroatoms. The Kier molecular flexibility index (Phi) is 3.82. The van der Waals surface area contributed by atoms with Crippen LogP contribution in [0.5, 0.6) is 5.88 Å². The number of rotatable bonds is 3. The summed E-state index contributed by atoms with van der Waals surface area (Å²) >= 11 is 11.5. The van der Waals surface area contributed by atoms with Crippen molar-refractivity contribution >= 4 is 23.2 Å². The molecule has 0 aliphatic heterocycles. The number of nitrogens with zero attached hydrogens (tertiary/aromatic N) is 1. The van der Waals surface area contributed by atoms with Crippen molar-refractivity contribution in [3.63, 3.8) is 0 Å². The van der Waals surface area contributed by atoms with Crippen LogP contribution in [0.25, 0.3) is 0 Å². The topological polar surface area (TPSA) is 22.1 Å². The van der Waals surface area contributed by atoms with E-state index in [0.717, 1.165) is 11.6 Å². The zero-order valence-electron chi connectivity index (χ0n) is 8.66. The van der Waals surface area contributed by atoms with Gasteiger partial charge in [-0.25, -0.2) is 9.37 Å². The Bertz CT molecular complexity index is 534. The predicted molar refractivity (Wildman–Crippen MR) is 65.0 cm³/mol. The second-order valence-corrected chi connectivity index (χ2v) is 4.16. The van der Waals surface area contributed by atoms with Crippen LogP contribution in [0.15, 0.2) is 36.5 Å². The van der Waals surface area contributed by atoms with Gasteiger partial charge in [0.15, 0.2) is 5.82 Å². The van der Waals surface area contributed by atoms with Crippen LogP contribution >= 0.6 is 23.2 Å². The summed E-state index contributed by atoms with van der Waals surface area (Å²) in [6.07, 6.45) is 1.33. The highest BCUT2D eigenvalue weighted by Crippen LogP contribution is 2.21. The molecular formula is C12H8Cl2FNO. The van der Waals surface area contributed by atoms with Gasteiger partial charge in [-0.1, -0.05) is 41.4 Å². The number of hydrogen-bond acceptors (Lipinski definition) is 2. The summed E-state index contributed by atoms with van der Waals surface area (Å²) < 4.78 is 18.6. The van der Waals surface area contributed by atoms with E-state index in [2.05, 4.69) is 4.98 Å². The SMILES string of the molecule is Fc1cc(Cl)cnc1OCc1ccccc1Cl. The first kappa shape index (κ1) is 12.1. The lowest BCUT2D eigenvalue weighted by Crippen LogP contribution is -2.00. The Balaban J connectivity index is 2.10. The predicted octanol–water partition coefficient (Wildman–Crippen LogP) is 4.11. The minimum absolute atomic E-state index is 0.0886. The Hall–Kier alpha value is -1.32. The van der Waals surface area contributed by atoms with Crippen molar-refractivity contribution in [3.05, 3.63) is 58.0 Å². The normalized spacial score (nSPS) is 10.3. The minimum Gasteiger partial charge on any atom is -0.471 e. The van der Waals surface area contributed by atoms with Crippen LogP contribution in [0.4, 0.5) is 4.39 Å². The maximum Gasteiger partial charge on any atom is 0.250 e. The van der Waals surface area contributed by atoms with E-state index in [1.807, 2.05) is 12.1 Å². The largest absolute Gasteiger partial charge is 0.471 e. The van der Waals surface area contributed by atoms with E-state index in [1.54, 1.807) is 12.1 Å². The Labute approximate surface area is 108 Å². The number of pyridine rings is 1. The zero-order chi connectivity index (χ0) is 12.3. The van der Waals surface area contributed by atoms with Gasteiger partial charge in [-0.05, 0) is 12.1 Å². The second kappa shape index (κ2) is 5.34. The lowest BCUT2D eigenvalue weighted by molar-refractivity contribution is 0.277. The third-order valence-corrected chi connectivity index (χ3v) is 2.67. The molecule has 0 spiro atoms. The van der Waals surface area contributed by atoms with Crippen molar-refractivity contribution in [1.29, 1.82) is 0 Å². The monoisotopic (exact) mass is 271 g/mol. The van der Waals surface area contributed by atoms with Crippen molar-refractivity contribution in [1.82, 2.24) is 4.98 Å². The van der Waals surface area contributed by atoms with Gasteiger partial charge in [0.05, 0.1) is 5.02 Å². The molecule has 2 aromatic rings. The highest BCUT2D eigenvalue weighted by atomic mass is 35.5. The molecule has 1 aromatic heterocycles. The number of benzene rings is 1. The summed E-state index contributed by atoms with van der Waals surface area (Å²) in [6.45, 7) is 0.158. The maximum atomic E-state index is 13.3. The molecule has 0 amide bonds. The van der Waals surface area contributed by atoms with Crippen molar-refractivity contribution in [3.8, 4) is 5.88 Å². The molecule has 0 aliphatic carbocycles. The van der Waals surface area contributed by atoms with Crippen LogP contribution in [0.3, 0.4) is 0 Å². The van der Waals surface area contributed by atoms with Gasteiger partial charge in [0, 0.05) is 16.8 Å². The van der Waals surface area contributed by atoms with Crippen molar-refractivity contribution in [2.45, 2.75) is 6.61 Å². The molecule has 2 nitrogen and oxygen atoms in total. The standard InChI is InChI=1S/C12H8Cl2FNO/c13-9-5-11(15)12(16-6-9)17-7-8-3-1-2-4-10(8)14/h1-6H,7H2. The molecule has 1 aromatic carbocycles. The fourth-order valence-corrected chi connectivity index (χ4v) is 1.60. The average molecular weight is 272 g/mol. The molecule has 0 unspecified atom stereocenters. The fourth-order valence-electron chi connectivity index (χ4n) is 1.27. The van der Waals surface area contributed by atoms with E-state index < -0.39 is 5.82 Å². The second-order valence-electron chi connectivity index (χ2n) is 3.32. The molecule has 0 aliphatic rings. The third kappa shape index (κ3) is 3.08. The van der Waals surface area contributed by atoms with E-state index in [-0.39, 0.29) is 17.5 Å². The van der Waals surface area contributed by atoms with Crippen LogP contribution in [-0.2, 0) is 6.61 Å². The van der Waals surface area contributed by atoms with Crippen LogP contribution in [-0.4, -0.2) is 4.98 Å². The van der Waals surface area contributed by atoms with Crippen molar-refractivity contribution in [2.75, 3.05) is 0 Å². The van der Waals surface area contributed by atoms with Crippen LogP contribution in [0.1, 0.15) is 5.56 Å². The Morgan fingerprint density at radius 3 is 2.71 bits per heavy atom. The first-order valence-corrected chi connectivity index (χ1v) is 5.59. The van der Waals surface area contributed by atoms with Gasteiger partial charge >= 0.3 is 0 Å². The molecule has 0 N–H and O–H groups in total. The van der Waals surface area contributed by atoms with Gasteiger partial charge in [0.25, 0.3) is 5.88 Å². The van der Waals surface area contributed by atoms with Gasteiger partial charge in [0.1, 0.15) is 6.61 Å². The Morgan fingerprint density at radius 1 is 1.24 bits per heavy atom. The van der Waals surface area contributed by atoms with Gasteiger partial charge in [-0.3, -0.25) is 0 Å². The third-order valence-electron chi connectivity index (χ3n) is 2.10. The van der Waals surface area contributed by atoms with Crippen LogP contribution in [0, 0.1) is 5.82 Å². The lowest BCUT2D eigenvalue weighted by atomic mass is 10.2. The summed E-state index contributed by atoms with van der Waals surface area (Å²) in [4.78, 5) is 3.75. The Morgan fingerprint density at radius 2 is 2.00 bits per heavy atom. The molecule has 0 saturated heterocycles. The summed E-state index contributed by atoms with van der Waals surface area (Å²) in [5, 5.41) is 0.800. The number of halogens is 3. The first-order chi connectivity index (χ1) is 8.16. The summed E-state index contributed by atoms with van der Waals surface area (Å²) in [6, 6.07) is 8.34. The van der Waals surface area contributed by atoms with E-state index in [9.17, 15) is 4.39 Å². The van der Waals surface area contributed by atoms with Gasteiger partial charge < -0.3 is 4.74 Å². The molecule has 88 valence electrons. The summed E-state index contributed by atoms with van der Waals surface area (Å²) in [7, 11) is 0. The first-order valence-electron chi connectivity index (χ1n) is 4.84. The smallest absolute Gasteiger partial charge is 0.250 e. The molecule has 1 heterocycles. The molecule has 0 atom stereocenters. The quantitative estimate of drug-likeness (QED) is 0.838. The van der Waals surface area contributed by atoms with E-state index in [0.29, 0.717) is 5.02 Å². The summed E-state index contributed by atoms with van der Waals surface area (Å²) in [5.41, 5.74) is 0.769. The molecule has 2 rings (SSSR count). The number of aromatic nitrogens is 1. The van der Waals surface area contributed by atoms with E-state index in [4.69, 9.17) is 27.9 Å². The fraction of sp³-hybridized carbons (Fsp3) is 0.0833. The molecule has 0 bridgehead atoms. The van der Waals surface area contributed by atoms with E-state index >= 15 is 0 Å². The lowest BCUT2D eigenvalue weighted by Gasteiger charge is -2.07. The van der Waals surface area contributed by atoms with Crippen LogP contribution in [0.2, 0.25) is 10.0 Å². The van der Waals surface area contributed by atoms with Gasteiger partial charge in [0.2, 0.25) is 0 Å². The molecular weight excluding hydrogens is 264 g/mol. The minimum atomic E-state index is -0.593. The average Bonchev–Trinajstić information content (AvgIpc) is 2.30. The van der Waals surface area contributed by atoms with Gasteiger partial charge in [-0.2, -0.15) is 0 Å². The highest BCUT2D eigenvalue weighted by Gasteiger charge is 2.07.